The van der Waals surface area contributed by atoms with Crippen LogP contribution in [-0.4, -0.2) is 26.7 Å². The van der Waals surface area contributed by atoms with Gasteiger partial charge in [0.2, 0.25) is 5.91 Å². The van der Waals surface area contributed by atoms with Gasteiger partial charge in [0.05, 0.1) is 26.5 Å². The van der Waals surface area contributed by atoms with Gasteiger partial charge in [0.15, 0.2) is 0 Å². The van der Waals surface area contributed by atoms with Crippen molar-refractivity contribution in [3.05, 3.63) is 48.3 Å². The van der Waals surface area contributed by atoms with E-state index in [0.717, 1.165) is 0 Å². The Morgan fingerprint density at radius 2 is 1.95 bits per heavy atom. The number of rotatable bonds is 6. The van der Waals surface area contributed by atoms with E-state index in [1.807, 2.05) is 0 Å². The third kappa shape index (κ3) is 4.12. The number of ether oxygens (including phenoxy) is 2. The lowest BCUT2D eigenvalue weighted by Crippen LogP contribution is -2.22. The molecule has 2 aromatic rings. The number of methoxy groups -OCH3 is 2. The molecule has 2 rings (SSSR count). The number of halogens is 1. The Balaban J connectivity index is 1.99. The van der Waals surface area contributed by atoms with Gasteiger partial charge in [0, 0.05) is 11.8 Å². The highest BCUT2D eigenvalue weighted by atomic mass is 19.1. The molecule has 0 saturated heterocycles. The van der Waals surface area contributed by atoms with Gasteiger partial charge in [-0.05, 0) is 30.3 Å². The zero-order valence-electron chi connectivity index (χ0n) is 12.4. The van der Waals surface area contributed by atoms with Gasteiger partial charge in [0.1, 0.15) is 17.3 Å². The first-order valence-corrected chi connectivity index (χ1v) is 6.63. The molecule has 6 heteroatoms. The second-order valence-electron chi connectivity index (χ2n) is 4.48. The van der Waals surface area contributed by atoms with Crippen molar-refractivity contribution in [1.29, 1.82) is 0 Å². The number of nitrogens with one attached hydrogen (secondary N) is 2. The van der Waals surface area contributed by atoms with Gasteiger partial charge in [-0.25, -0.2) is 4.39 Å². The largest absolute Gasteiger partial charge is 0.497 e. The first-order valence-electron chi connectivity index (χ1n) is 6.63. The maximum absolute atomic E-state index is 13.0. The first-order chi connectivity index (χ1) is 10.6. The summed E-state index contributed by atoms with van der Waals surface area (Å²) in [5.41, 5.74) is 1.04. The molecular formula is C16H17FN2O3. The number of anilines is 2. The summed E-state index contributed by atoms with van der Waals surface area (Å²) in [6, 6.07) is 11.0. The predicted molar refractivity (Wildman–Crippen MR) is 83.1 cm³/mol. The average Bonchev–Trinajstić information content (AvgIpc) is 2.53. The van der Waals surface area contributed by atoms with Gasteiger partial charge in [-0.1, -0.05) is 6.07 Å². The lowest BCUT2D eigenvalue weighted by molar-refractivity contribution is -0.114. The van der Waals surface area contributed by atoms with E-state index in [9.17, 15) is 9.18 Å². The van der Waals surface area contributed by atoms with Crippen LogP contribution in [0.2, 0.25) is 0 Å². The van der Waals surface area contributed by atoms with E-state index in [1.165, 1.54) is 19.2 Å². The fourth-order valence-corrected chi connectivity index (χ4v) is 1.89. The molecule has 1 amide bonds. The standard InChI is InChI=1S/C16H17FN2O3/c1-21-13-6-7-15(22-2)14(9-13)19-16(20)10-18-12-5-3-4-11(17)8-12/h3-9,18H,10H2,1-2H3,(H,19,20). The van der Waals surface area contributed by atoms with Gasteiger partial charge >= 0.3 is 0 Å². The Hall–Kier alpha value is -2.76. The number of hydrogen-bond donors (Lipinski definition) is 2. The maximum Gasteiger partial charge on any atom is 0.243 e. The summed E-state index contributed by atoms with van der Waals surface area (Å²) in [4.78, 5) is 12.0. The molecule has 2 N–H and O–H groups in total. The third-order valence-electron chi connectivity index (χ3n) is 2.96. The molecule has 0 radical (unpaired) electrons. The van der Waals surface area contributed by atoms with Crippen molar-refractivity contribution in [2.75, 3.05) is 31.4 Å². The molecule has 0 heterocycles. The van der Waals surface area contributed by atoms with Crippen LogP contribution in [0.4, 0.5) is 15.8 Å². The van der Waals surface area contributed by atoms with Crippen LogP contribution in [0.3, 0.4) is 0 Å². The fraction of sp³-hybridized carbons (Fsp3) is 0.188. The van der Waals surface area contributed by atoms with Crippen LogP contribution in [0.1, 0.15) is 0 Å². The molecule has 0 saturated carbocycles. The maximum atomic E-state index is 13.0. The van der Waals surface area contributed by atoms with Crippen LogP contribution in [0.5, 0.6) is 11.5 Å². The summed E-state index contributed by atoms with van der Waals surface area (Å²) < 4.78 is 23.3. The quantitative estimate of drug-likeness (QED) is 0.861. The zero-order valence-corrected chi connectivity index (χ0v) is 12.4. The van der Waals surface area contributed by atoms with E-state index >= 15 is 0 Å². The van der Waals surface area contributed by atoms with E-state index in [-0.39, 0.29) is 18.3 Å². The summed E-state index contributed by atoms with van der Waals surface area (Å²) >= 11 is 0. The molecule has 0 bridgehead atoms. The van der Waals surface area contributed by atoms with E-state index in [2.05, 4.69) is 10.6 Å². The molecule has 0 aliphatic heterocycles. The Labute approximate surface area is 128 Å². The molecule has 22 heavy (non-hydrogen) atoms. The monoisotopic (exact) mass is 304 g/mol. The zero-order chi connectivity index (χ0) is 15.9. The molecule has 2 aromatic carbocycles. The number of hydrogen-bond acceptors (Lipinski definition) is 4. The van der Waals surface area contributed by atoms with Crippen LogP contribution >= 0.6 is 0 Å². The molecule has 0 spiro atoms. The van der Waals surface area contributed by atoms with Crippen LogP contribution < -0.4 is 20.1 Å². The van der Waals surface area contributed by atoms with Gasteiger partial charge < -0.3 is 20.1 Å². The molecule has 0 unspecified atom stereocenters. The van der Waals surface area contributed by atoms with Crippen molar-refractivity contribution in [2.24, 2.45) is 0 Å². The van der Waals surface area contributed by atoms with Crippen molar-refractivity contribution in [2.45, 2.75) is 0 Å². The lowest BCUT2D eigenvalue weighted by Gasteiger charge is -2.12. The summed E-state index contributed by atoms with van der Waals surface area (Å²) in [6.45, 7) is 0.00379. The van der Waals surface area contributed by atoms with Gasteiger partial charge in [-0.15, -0.1) is 0 Å². The van der Waals surface area contributed by atoms with E-state index in [1.54, 1.807) is 37.4 Å². The predicted octanol–water partition coefficient (Wildman–Crippen LogP) is 2.89. The van der Waals surface area contributed by atoms with Crippen molar-refractivity contribution in [3.8, 4) is 11.5 Å². The second kappa shape index (κ2) is 7.31. The third-order valence-corrected chi connectivity index (χ3v) is 2.96. The second-order valence-corrected chi connectivity index (χ2v) is 4.48. The topological polar surface area (TPSA) is 59.6 Å². The Morgan fingerprint density at radius 1 is 1.14 bits per heavy atom. The van der Waals surface area contributed by atoms with Crippen molar-refractivity contribution in [1.82, 2.24) is 0 Å². The summed E-state index contributed by atoms with van der Waals surface area (Å²) in [6.07, 6.45) is 0. The van der Waals surface area contributed by atoms with Gasteiger partial charge in [-0.2, -0.15) is 0 Å². The van der Waals surface area contributed by atoms with E-state index < -0.39 is 0 Å². The Morgan fingerprint density at radius 3 is 2.64 bits per heavy atom. The minimum Gasteiger partial charge on any atom is -0.497 e. The molecule has 0 atom stereocenters. The van der Waals surface area contributed by atoms with Crippen LogP contribution in [0.25, 0.3) is 0 Å². The summed E-state index contributed by atoms with van der Waals surface area (Å²) in [5, 5.41) is 5.57. The van der Waals surface area contributed by atoms with Crippen molar-refractivity contribution < 1.29 is 18.7 Å². The summed E-state index contributed by atoms with van der Waals surface area (Å²) in [7, 11) is 3.06. The smallest absolute Gasteiger partial charge is 0.243 e. The molecule has 0 aliphatic rings. The molecule has 0 fully saturated rings. The number of carbonyl (C=O) groups is 1. The first kappa shape index (κ1) is 15.6. The van der Waals surface area contributed by atoms with Crippen LogP contribution in [0.15, 0.2) is 42.5 Å². The van der Waals surface area contributed by atoms with Crippen molar-refractivity contribution in [3.63, 3.8) is 0 Å². The lowest BCUT2D eigenvalue weighted by atomic mass is 10.2. The average molecular weight is 304 g/mol. The van der Waals surface area contributed by atoms with Gasteiger partial charge in [-0.3, -0.25) is 4.79 Å². The highest BCUT2D eigenvalue weighted by Gasteiger charge is 2.09. The number of benzene rings is 2. The summed E-state index contributed by atoms with van der Waals surface area (Å²) in [5.74, 6) is 0.491. The van der Waals surface area contributed by atoms with E-state index in [0.29, 0.717) is 22.9 Å². The highest BCUT2D eigenvalue weighted by molar-refractivity contribution is 5.95. The number of amides is 1. The molecule has 116 valence electrons. The van der Waals surface area contributed by atoms with E-state index in [4.69, 9.17) is 9.47 Å². The van der Waals surface area contributed by atoms with Crippen LogP contribution in [0, 0.1) is 5.82 Å². The molecule has 0 aliphatic carbocycles. The normalized spacial score (nSPS) is 9.95. The fourth-order valence-electron chi connectivity index (χ4n) is 1.89. The Kier molecular flexibility index (Phi) is 5.19. The molecule has 0 aromatic heterocycles. The van der Waals surface area contributed by atoms with Crippen LogP contribution in [-0.2, 0) is 4.79 Å². The Bertz CT molecular complexity index is 662. The molecule has 5 nitrogen and oxygen atoms in total. The van der Waals surface area contributed by atoms with Gasteiger partial charge in [0.25, 0.3) is 0 Å². The minimum absolute atomic E-state index is 0.00379. The number of carbonyl (C=O) groups excluding carboxylic acids is 1. The van der Waals surface area contributed by atoms with Crippen molar-refractivity contribution >= 4 is 17.3 Å². The SMILES string of the molecule is COc1ccc(OC)c(NC(=O)CNc2cccc(F)c2)c1. The molecular weight excluding hydrogens is 287 g/mol. The minimum atomic E-state index is -0.361. The highest BCUT2D eigenvalue weighted by Crippen LogP contribution is 2.28.